The fourth-order valence-electron chi connectivity index (χ4n) is 1.34. The summed E-state index contributed by atoms with van der Waals surface area (Å²) in [6.45, 7) is 1.73. The summed E-state index contributed by atoms with van der Waals surface area (Å²) in [4.78, 5) is 1.84. The van der Waals surface area contributed by atoms with E-state index in [0.29, 0.717) is 0 Å². The monoisotopic (exact) mass is 147 g/mol. The van der Waals surface area contributed by atoms with E-state index in [9.17, 15) is 8.63 Å². The Morgan fingerprint density at radius 2 is 1.70 bits per heavy atom. The van der Waals surface area contributed by atoms with Crippen LogP contribution in [-0.2, 0) is 0 Å². The molecule has 4 heteroatoms. The third-order valence-electron chi connectivity index (χ3n) is 1.84. The van der Waals surface area contributed by atoms with E-state index in [1.54, 1.807) is 0 Å². The summed E-state index contributed by atoms with van der Waals surface area (Å²) in [5, 5.41) is 0. The third-order valence-corrected chi connectivity index (χ3v) is 1.84. The van der Waals surface area contributed by atoms with Gasteiger partial charge in [-0.2, -0.15) is 0 Å². The molecule has 0 aliphatic carbocycles. The molecule has 0 saturated carbocycles. The maximum atomic E-state index is 11.8. The predicted octanol–water partition coefficient (Wildman–Crippen LogP) is 1.44. The van der Waals surface area contributed by atoms with Gasteiger partial charge < -0.3 is 4.90 Å². The molecular formula is C6H12BF2N. The van der Waals surface area contributed by atoms with Gasteiger partial charge in [-0.25, -0.2) is 0 Å². The highest BCUT2D eigenvalue weighted by atomic mass is 19.2. The molecule has 1 nitrogen and oxygen atoms in total. The number of nitrogens with zero attached hydrogens (tertiary/aromatic N) is 1. The van der Waals surface area contributed by atoms with Crippen LogP contribution in [0.1, 0.15) is 19.3 Å². The molecule has 0 radical (unpaired) electrons. The van der Waals surface area contributed by atoms with Gasteiger partial charge in [0, 0.05) is 6.44 Å². The summed E-state index contributed by atoms with van der Waals surface area (Å²) in [6.07, 6.45) is 3.36. The molecule has 0 N–H and O–H groups in total. The van der Waals surface area contributed by atoms with Gasteiger partial charge >= 0.3 is 7.27 Å². The van der Waals surface area contributed by atoms with Gasteiger partial charge in [0.1, 0.15) is 0 Å². The van der Waals surface area contributed by atoms with Crippen LogP contribution in [0.2, 0.25) is 0 Å². The predicted molar refractivity (Wildman–Crippen MR) is 38.3 cm³/mol. The fourth-order valence-corrected chi connectivity index (χ4v) is 1.34. The van der Waals surface area contributed by atoms with E-state index in [-0.39, 0.29) is 6.44 Å². The maximum absolute atomic E-state index is 11.8. The van der Waals surface area contributed by atoms with Crippen molar-refractivity contribution in [3.05, 3.63) is 0 Å². The van der Waals surface area contributed by atoms with E-state index in [1.807, 2.05) is 4.90 Å². The fraction of sp³-hybridized carbons (Fsp3) is 1.00. The smallest absolute Gasteiger partial charge is 0.305 e. The zero-order valence-electron chi connectivity index (χ0n) is 6.02. The molecule has 1 heterocycles. The lowest BCUT2D eigenvalue weighted by Crippen LogP contribution is -2.35. The van der Waals surface area contributed by atoms with Crippen LogP contribution in [0.5, 0.6) is 0 Å². The first-order valence-electron chi connectivity index (χ1n) is 3.79. The van der Waals surface area contributed by atoms with E-state index in [0.717, 1.165) is 25.9 Å². The summed E-state index contributed by atoms with van der Waals surface area (Å²) in [6, 6.07) is 0. The number of hydrogen-bond donors (Lipinski definition) is 0. The zero-order valence-corrected chi connectivity index (χ0v) is 6.02. The Morgan fingerprint density at radius 1 is 1.10 bits per heavy atom. The first-order valence-corrected chi connectivity index (χ1v) is 3.79. The van der Waals surface area contributed by atoms with Crippen molar-refractivity contribution in [1.29, 1.82) is 0 Å². The molecule has 0 aromatic heterocycles. The maximum Gasteiger partial charge on any atom is 0.551 e. The quantitative estimate of drug-likeness (QED) is 0.534. The normalized spacial score (nSPS) is 21.0. The molecule has 1 aliphatic rings. The molecule has 1 fully saturated rings. The van der Waals surface area contributed by atoms with Gasteiger partial charge in [-0.15, -0.1) is 0 Å². The van der Waals surface area contributed by atoms with Crippen LogP contribution < -0.4 is 0 Å². The van der Waals surface area contributed by atoms with Crippen LogP contribution in [0.25, 0.3) is 0 Å². The third kappa shape index (κ3) is 2.65. The van der Waals surface area contributed by atoms with E-state index in [1.165, 1.54) is 6.42 Å². The van der Waals surface area contributed by atoms with Crippen LogP contribution in [0.15, 0.2) is 0 Å². The Kier molecular flexibility index (Phi) is 3.12. The van der Waals surface area contributed by atoms with Crippen LogP contribution >= 0.6 is 0 Å². The minimum Gasteiger partial charge on any atom is -0.305 e. The van der Waals surface area contributed by atoms with Crippen LogP contribution in [0.4, 0.5) is 8.63 Å². The van der Waals surface area contributed by atoms with Crippen molar-refractivity contribution in [2.24, 2.45) is 0 Å². The van der Waals surface area contributed by atoms with E-state index >= 15 is 0 Å². The van der Waals surface area contributed by atoms with Crippen molar-refractivity contribution in [2.75, 3.05) is 19.5 Å². The summed E-state index contributed by atoms with van der Waals surface area (Å²) in [7, 11) is -2.15. The molecule has 1 rings (SSSR count). The van der Waals surface area contributed by atoms with Crippen LogP contribution in [-0.4, -0.2) is 31.7 Å². The highest BCUT2D eigenvalue weighted by Gasteiger charge is 2.19. The zero-order chi connectivity index (χ0) is 7.40. The lowest BCUT2D eigenvalue weighted by atomic mass is 9.97. The van der Waals surface area contributed by atoms with E-state index in [4.69, 9.17) is 0 Å². The molecule has 0 aromatic carbocycles. The van der Waals surface area contributed by atoms with E-state index < -0.39 is 7.27 Å². The minimum absolute atomic E-state index is 0.0278. The molecular weight excluding hydrogens is 135 g/mol. The summed E-state index contributed by atoms with van der Waals surface area (Å²) >= 11 is 0. The van der Waals surface area contributed by atoms with Gasteiger partial charge in [0.05, 0.1) is 0 Å². The van der Waals surface area contributed by atoms with Gasteiger partial charge in [0.25, 0.3) is 0 Å². The molecule has 0 unspecified atom stereocenters. The van der Waals surface area contributed by atoms with Crippen molar-refractivity contribution >= 4 is 7.27 Å². The number of halogens is 2. The SMILES string of the molecule is FB(F)CN1CCCCC1. The van der Waals surface area contributed by atoms with Crippen molar-refractivity contribution in [3.8, 4) is 0 Å². The van der Waals surface area contributed by atoms with Crippen molar-refractivity contribution < 1.29 is 8.63 Å². The highest BCUT2D eigenvalue weighted by molar-refractivity contribution is 6.42. The first-order chi connectivity index (χ1) is 4.79. The summed E-state index contributed by atoms with van der Waals surface area (Å²) in [5.41, 5.74) is 0. The lowest BCUT2D eigenvalue weighted by molar-refractivity contribution is 0.252. The average Bonchev–Trinajstić information content (AvgIpc) is 1.88. The Morgan fingerprint density at radius 3 is 2.20 bits per heavy atom. The largest absolute Gasteiger partial charge is 0.551 e. The Balaban J connectivity index is 2.13. The number of piperidine rings is 1. The first kappa shape index (κ1) is 7.99. The molecule has 58 valence electrons. The molecule has 0 aromatic rings. The number of hydrogen-bond acceptors (Lipinski definition) is 1. The van der Waals surface area contributed by atoms with Crippen molar-refractivity contribution in [2.45, 2.75) is 19.3 Å². The van der Waals surface area contributed by atoms with Crippen molar-refractivity contribution in [3.63, 3.8) is 0 Å². The highest BCUT2D eigenvalue weighted by Crippen LogP contribution is 2.08. The van der Waals surface area contributed by atoms with Gasteiger partial charge in [-0.1, -0.05) is 6.42 Å². The Hall–Kier alpha value is -0.115. The second kappa shape index (κ2) is 3.91. The molecule has 0 amide bonds. The van der Waals surface area contributed by atoms with Gasteiger partial charge in [0.15, 0.2) is 0 Å². The van der Waals surface area contributed by atoms with Gasteiger partial charge in [-0.3, -0.25) is 8.63 Å². The average molecular weight is 147 g/mol. The molecule has 0 spiro atoms. The Labute approximate surface area is 60.6 Å². The lowest BCUT2D eigenvalue weighted by Gasteiger charge is -2.24. The van der Waals surface area contributed by atoms with Crippen LogP contribution in [0.3, 0.4) is 0 Å². The molecule has 0 atom stereocenters. The molecule has 10 heavy (non-hydrogen) atoms. The van der Waals surface area contributed by atoms with Gasteiger partial charge in [0.2, 0.25) is 0 Å². The van der Waals surface area contributed by atoms with Gasteiger partial charge in [-0.05, 0) is 25.9 Å². The molecule has 0 bridgehead atoms. The second-order valence-corrected chi connectivity index (χ2v) is 2.75. The van der Waals surface area contributed by atoms with Crippen LogP contribution in [0, 0.1) is 0 Å². The molecule has 1 saturated heterocycles. The topological polar surface area (TPSA) is 3.24 Å². The molecule has 1 aliphatic heterocycles. The minimum atomic E-state index is -2.15. The van der Waals surface area contributed by atoms with Crippen molar-refractivity contribution in [1.82, 2.24) is 4.90 Å². The van der Waals surface area contributed by atoms with E-state index in [2.05, 4.69) is 0 Å². The second-order valence-electron chi connectivity index (χ2n) is 2.75. The summed E-state index contributed by atoms with van der Waals surface area (Å²) < 4.78 is 23.6. The number of likely N-dealkylation sites (tertiary alicyclic amines) is 1. The number of rotatable bonds is 2. The summed E-state index contributed by atoms with van der Waals surface area (Å²) in [5.74, 6) is 0. The standard InChI is InChI=1S/C6H12BF2N/c8-7(9)6-10-4-2-1-3-5-10/h1-6H2. The Bertz CT molecular complexity index is 93.7.